The van der Waals surface area contributed by atoms with E-state index in [9.17, 15) is 4.79 Å². The smallest absolute Gasteiger partial charge is 0.320 e. The number of hydrogen-bond acceptors (Lipinski definition) is 2. The van der Waals surface area contributed by atoms with Gasteiger partial charge in [-0.1, -0.05) is 38.1 Å². The molecule has 0 aliphatic rings. The normalized spacial score (nSPS) is 12.7. The summed E-state index contributed by atoms with van der Waals surface area (Å²) in [4.78, 5) is 13.0. The number of aryl methyl sites for hydroxylation is 1. The summed E-state index contributed by atoms with van der Waals surface area (Å²) in [5, 5.41) is 9.11. The van der Waals surface area contributed by atoms with E-state index < -0.39 is 12.0 Å². The summed E-state index contributed by atoms with van der Waals surface area (Å²) in [5.41, 5.74) is 2.51. The second kappa shape index (κ2) is 6.40. The molecule has 94 valence electrons. The van der Waals surface area contributed by atoms with Gasteiger partial charge in [0.25, 0.3) is 0 Å². The molecule has 0 fully saturated rings. The van der Waals surface area contributed by atoms with E-state index in [1.165, 1.54) is 11.1 Å². The van der Waals surface area contributed by atoms with Gasteiger partial charge in [0.15, 0.2) is 0 Å². The van der Waals surface area contributed by atoms with Crippen LogP contribution in [-0.2, 0) is 17.8 Å². The molecule has 0 saturated heterocycles. The SMILES string of the molecule is CCc1ccccc1CN(C)C(CC)C(=O)O. The second-order valence-corrected chi connectivity index (χ2v) is 4.30. The Balaban J connectivity index is 2.79. The van der Waals surface area contributed by atoms with Gasteiger partial charge >= 0.3 is 5.97 Å². The molecule has 0 aliphatic heterocycles. The maximum atomic E-state index is 11.1. The number of carbonyl (C=O) groups is 1. The summed E-state index contributed by atoms with van der Waals surface area (Å²) in [6, 6.07) is 7.80. The number of carboxylic acid groups (broad SMARTS) is 1. The Hall–Kier alpha value is -1.35. The fraction of sp³-hybridized carbons (Fsp3) is 0.500. The van der Waals surface area contributed by atoms with Crippen molar-refractivity contribution in [3.05, 3.63) is 35.4 Å². The third kappa shape index (κ3) is 3.56. The zero-order chi connectivity index (χ0) is 12.8. The van der Waals surface area contributed by atoms with Crippen molar-refractivity contribution in [3.63, 3.8) is 0 Å². The number of likely N-dealkylation sites (N-methyl/N-ethyl adjacent to an activating group) is 1. The molecule has 0 radical (unpaired) electrons. The van der Waals surface area contributed by atoms with Crippen LogP contribution in [0.15, 0.2) is 24.3 Å². The third-order valence-corrected chi connectivity index (χ3v) is 3.12. The molecule has 3 nitrogen and oxygen atoms in total. The molecular weight excluding hydrogens is 214 g/mol. The Labute approximate surface area is 103 Å². The Kier molecular flexibility index (Phi) is 5.16. The van der Waals surface area contributed by atoms with Crippen LogP contribution in [0.5, 0.6) is 0 Å². The monoisotopic (exact) mass is 235 g/mol. The van der Waals surface area contributed by atoms with Crippen LogP contribution in [-0.4, -0.2) is 29.1 Å². The first kappa shape index (κ1) is 13.7. The van der Waals surface area contributed by atoms with Crippen molar-refractivity contribution in [2.75, 3.05) is 7.05 Å². The van der Waals surface area contributed by atoms with Gasteiger partial charge in [0.05, 0.1) is 0 Å². The van der Waals surface area contributed by atoms with Gasteiger partial charge < -0.3 is 5.11 Å². The predicted molar refractivity (Wildman–Crippen MR) is 69.0 cm³/mol. The molecule has 1 unspecified atom stereocenters. The van der Waals surface area contributed by atoms with Gasteiger partial charge in [0, 0.05) is 6.54 Å². The quantitative estimate of drug-likeness (QED) is 0.823. The molecule has 1 N–H and O–H groups in total. The number of hydrogen-bond donors (Lipinski definition) is 1. The van der Waals surface area contributed by atoms with Crippen LogP contribution in [0.25, 0.3) is 0 Å². The van der Waals surface area contributed by atoms with Crippen molar-refractivity contribution in [2.24, 2.45) is 0 Å². The Morgan fingerprint density at radius 3 is 2.35 bits per heavy atom. The van der Waals surface area contributed by atoms with Crippen LogP contribution in [0.4, 0.5) is 0 Å². The standard InChI is InChI=1S/C14H21NO2/c1-4-11-8-6-7-9-12(11)10-15(3)13(5-2)14(16)17/h6-9,13H,4-5,10H2,1-3H3,(H,16,17). The van der Waals surface area contributed by atoms with E-state index in [-0.39, 0.29) is 0 Å². The van der Waals surface area contributed by atoms with Crippen molar-refractivity contribution in [1.82, 2.24) is 4.90 Å². The molecule has 1 aromatic carbocycles. The lowest BCUT2D eigenvalue weighted by molar-refractivity contribution is -0.143. The Bertz CT molecular complexity index is 376. The van der Waals surface area contributed by atoms with Crippen LogP contribution in [0.3, 0.4) is 0 Å². The molecule has 0 spiro atoms. The van der Waals surface area contributed by atoms with Crippen molar-refractivity contribution >= 4 is 5.97 Å². The summed E-state index contributed by atoms with van der Waals surface area (Å²) in [7, 11) is 1.87. The van der Waals surface area contributed by atoms with Gasteiger partial charge in [-0.05, 0) is 31.0 Å². The molecule has 0 amide bonds. The molecule has 0 aromatic heterocycles. The van der Waals surface area contributed by atoms with Crippen molar-refractivity contribution in [3.8, 4) is 0 Å². The molecular formula is C14H21NO2. The van der Waals surface area contributed by atoms with E-state index in [1.807, 2.05) is 31.0 Å². The third-order valence-electron chi connectivity index (χ3n) is 3.12. The molecule has 17 heavy (non-hydrogen) atoms. The van der Waals surface area contributed by atoms with E-state index in [0.717, 1.165) is 6.42 Å². The fourth-order valence-corrected chi connectivity index (χ4v) is 2.11. The van der Waals surface area contributed by atoms with Crippen LogP contribution in [0.2, 0.25) is 0 Å². The molecule has 0 bridgehead atoms. The summed E-state index contributed by atoms with van der Waals surface area (Å²) in [5.74, 6) is -0.746. The fourth-order valence-electron chi connectivity index (χ4n) is 2.11. The highest BCUT2D eigenvalue weighted by Crippen LogP contribution is 2.14. The number of aliphatic carboxylic acids is 1. The van der Waals surface area contributed by atoms with E-state index in [4.69, 9.17) is 5.11 Å². The predicted octanol–water partition coefficient (Wildman–Crippen LogP) is 2.54. The van der Waals surface area contributed by atoms with E-state index in [2.05, 4.69) is 19.1 Å². The molecule has 1 aromatic rings. The lowest BCUT2D eigenvalue weighted by Crippen LogP contribution is -2.37. The van der Waals surface area contributed by atoms with Gasteiger partial charge in [-0.2, -0.15) is 0 Å². The van der Waals surface area contributed by atoms with Crippen molar-refractivity contribution in [2.45, 2.75) is 39.3 Å². The first-order valence-electron chi connectivity index (χ1n) is 6.09. The number of benzene rings is 1. The highest BCUT2D eigenvalue weighted by Gasteiger charge is 2.20. The molecule has 0 saturated carbocycles. The van der Waals surface area contributed by atoms with Gasteiger partial charge in [0.2, 0.25) is 0 Å². The Morgan fingerprint density at radius 1 is 1.29 bits per heavy atom. The topological polar surface area (TPSA) is 40.5 Å². The highest BCUT2D eigenvalue weighted by molar-refractivity contribution is 5.73. The first-order valence-corrected chi connectivity index (χ1v) is 6.09. The first-order chi connectivity index (χ1) is 8.10. The van der Waals surface area contributed by atoms with Gasteiger partial charge in [-0.3, -0.25) is 9.69 Å². The maximum absolute atomic E-state index is 11.1. The minimum atomic E-state index is -0.746. The molecule has 0 aliphatic carbocycles. The largest absolute Gasteiger partial charge is 0.480 e. The van der Waals surface area contributed by atoms with E-state index in [1.54, 1.807) is 0 Å². The van der Waals surface area contributed by atoms with E-state index >= 15 is 0 Å². The Morgan fingerprint density at radius 2 is 1.88 bits per heavy atom. The lowest BCUT2D eigenvalue weighted by atomic mass is 10.0. The maximum Gasteiger partial charge on any atom is 0.320 e. The molecule has 0 heterocycles. The molecule has 1 atom stereocenters. The molecule has 3 heteroatoms. The van der Waals surface area contributed by atoms with Crippen molar-refractivity contribution < 1.29 is 9.90 Å². The van der Waals surface area contributed by atoms with Gasteiger partial charge in [-0.15, -0.1) is 0 Å². The molecule has 1 rings (SSSR count). The highest BCUT2D eigenvalue weighted by atomic mass is 16.4. The minimum Gasteiger partial charge on any atom is -0.480 e. The average molecular weight is 235 g/mol. The van der Waals surface area contributed by atoms with Crippen LogP contribution in [0.1, 0.15) is 31.4 Å². The van der Waals surface area contributed by atoms with Gasteiger partial charge in [-0.25, -0.2) is 0 Å². The summed E-state index contributed by atoms with van der Waals surface area (Å²) >= 11 is 0. The van der Waals surface area contributed by atoms with Crippen molar-refractivity contribution in [1.29, 1.82) is 0 Å². The zero-order valence-electron chi connectivity index (χ0n) is 10.8. The summed E-state index contributed by atoms with van der Waals surface area (Å²) < 4.78 is 0. The number of rotatable bonds is 6. The number of nitrogens with zero attached hydrogens (tertiary/aromatic N) is 1. The minimum absolute atomic E-state index is 0.403. The average Bonchev–Trinajstić information content (AvgIpc) is 2.30. The number of carboxylic acids is 1. The zero-order valence-corrected chi connectivity index (χ0v) is 10.8. The second-order valence-electron chi connectivity index (χ2n) is 4.30. The summed E-state index contributed by atoms with van der Waals surface area (Å²) in [6.07, 6.45) is 1.61. The van der Waals surface area contributed by atoms with E-state index in [0.29, 0.717) is 13.0 Å². The summed E-state index contributed by atoms with van der Waals surface area (Å²) in [6.45, 7) is 4.71. The van der Waals surface area contributed by atoms with Gasteiger partial charge in [0.1, 0.15) is 6.04 Å². The lowest BCUT2D eigenvalue weighted by Gasteiger charge is -2.24. The van der Waals surface area contributed by atoms with Crippen LogP contribution < -0.4 is 0 Å². The van der Waals surface area contributed by atoms with Crippen LogP contribution >= 0.6 is 0 Å². The van der Waals surface area contributed by atoms with Crippen LogP contribution in [0, 0.1) is 0 Å².